The lowest BCUT2D eigenvalue weighted by Gasteiger charge is -2.34. The highest BCUT2D eigenvalue weighted by Gasteiger charge is 2.68. The van der Waals surface area contributed by atoms with Crippen molar-refractivity contribution in [3.05, 3.63) is 35.4 Å². The molecule has 0 aliphatic carbocycles. The van der Waals surface area contributed by atoms with E-state index in [1.165, 1.54) is 20.8 Å². The number of halogens is 5. The molecule has 0 saturated carbocycles. The van der Waals surface area contributed by atoms with Crippen molar-refractivity contribution in [3.8, 4) is 0 Å². The SMILES string of the molecule is CC(C)(C)OC(=O)C(C(=O)O)(c1ccc(F)cc1F)C(F)(F)Br. The third kappa shape index (κ3) is 3.65. The maximum Gasteiger partial charge on any atom is 0.336 e. The van der Waals surface area contributed by atoms with Gasteiger partial charge in [-0.15, -0.1) is 0 Å². The van der Waals surface area contributed by atoms with E-state index < -0.39 is 45.0 Å². The van der Waals surface area contributed by atoms with Crippen LogP contribution < -0.4 is 0 Å². The molecule has 0 aliphatic rings. The quantitative estimate of drug-likeness (QED) is 0.363. The summed E-state index contributed by atoms with van der Waals surface area (Å²) in [6, 6.07) is 1.24. The zero-order chi connectivity index (χ0) is 18.2. The first-order valence-electron chi connectivity index (χ1n) is 6.22. The minimum Gasteiger partial charge on any atom is -0.480 e. The highest BCUT2D eigenvalue weighted by atomic mass is 79.9. The molecular weight excluding hydrogens is 388 g/mol. The van der Waals surface area contributed by atoms with E-state index in [0.717, 1.165) is 0 Å². The van der Waals surface area contributed by atoms with Gasteiger partial charge in [-0.25, -0.2) is 8.78 Å². The smallest absolute Gasteiger partial charge is 0.336 e. The Balaban J connectivity index is 3.73. The second kappa shape index (κ2) is 6.10. The number of hydrogen-bond donors (Lipinski definition) is 1. The van der Waals surface area contributed by atoms with Gasteiger partial charge >= 0.3 is 16.8 Å². The van der Waals surface area contributed by atoms with E-state index >= 15 is 0 Å². The van der Waals surface area contributed by atoms with Gasteiger partial charge in [0.05, 0.1) is 0 Å². The van der Waals surface area contributed by atoms with E-state index in [2.05, 4.69) is 0 Å². The normalized spacial score (nSPS) is 15.0. The number of carboxylic acids is 1. The molecule has 23 heavy (non-hydrogen) atoms. The summed E-state index contributed by atoms with van der Waals surface area (Å²) >= 11 is 1.82. The molecule has 0 radical (unpaired) electrons. The Morgan fingerprint density at radius 2 is 1.70 bits per heavy atom. The van der Waals surface area contributed by atoms with Gasteiger partial charge in [0.2, 0.25) is 0 Å². The second-order valence-electron chi connectivity index (χ2n) is 5.68. The van der Waals surface area contributed by atoms with Gasteiger partial charge in [-0.3, -0.25) is 9.59 Å². The fraction of sp³-hybridized carbons (Fsp3) is 0.429. The van der Waals surface area contributed by atoms with Crippen LogP contribution in [0.5, 0.6) is 0 Å². The first-order chi connectivity index (χ1) is 10.2. The van der Waals surface area contributed by atoms with Crippen LogP contribution in [0.1, 0.15) is 26.3 Å². The van der Waals surface area contributed by atoms with E-state index in [4.69, 9.17) is 4.74 Å². The maximum absolute atomic E-state index is 14.1. The summed E-state index contributed by atoms with van der Waals surface area (Å²) in [4.78, 5) is 19.4. The summed E-state index contributed by atoms with van der Waals surface area (Å²) in [5, 5.41) is 9.30. The fourth-order valence-electron chi connectivity index (χ4n) is 1.85. The van der Waals surface area contributed by atoms with Crippen molar-refractivity contribution in [3.63, 3.8) is 0 Å². The number of carbonyl (C=O) groups is 2. The van der Waals surface area contributed by atoms with Gasteiger partial charge in [-0.1, -0.05) is 6.07 Å². The summed E-state index contributed by atoms with van der Waals surface area (Å²) in [6.07, 6.45) is 0. The predicted molar refractivity (Wildman–Crippen MR) is 75.4 cm³/mol. The molecule has 0 amide bonds. The molecular formula is C14H13BrF4O4. The van der Waals surface area contributed by atoms with Crippen LogP contribution in [0.2, 0.25) is 0 Å². The molecule has 1 unspecified atom stereocenters. The van der Waals surface area contributed by atoms with Crippen LogP contribution in [0.25, 0.3) is 0 Å². The molecule has 0 heterocycles. The zero-order valence-electron chi connectivity index (χ0n) is 12.3. The van der Waals surface area contributed by atoms with E-state index in [9.17, 15) is 32.3 Å². The topological polar surface area (TPSA) is 63.6 Å². The first kappa shape index (κ1) is 19.4. The van der Waals surface area contributed by atoms with Crippen LogP contribution in [-0.2, 0) is 19.7 Å². The van der Waals surface area contributed by atoms with Gasteiger partial charge in [-0.05, 0) is 42.8 Å². The highest BCUT2D eigenvalue weighted by Crippen LogP contribution is 2.47. The number of hydrogen-bond acceptors (Lipinski definition) is 3. The van der Waals surface area contributed by atoms with Gasteiger partial charge in [0, 0.05) is 11.6 Å². The number of ether oxygens (including phenoxy) is 1. The average Bonchev–Trinajstić information content (AvgIpc) is 2.27. The van der Waals surface area contributed by atoms with Gasteiger partial charge in [0.25, 0.3) is 5.41 Å². The molecule has 1 rings (SSSR count). The van der Waals surface area contributed by atoms with Crippen LogP contribution >= 0.6 is 15.9 Å². The molecule has 1 aromatic carbocycles. The minimum absolute atomic E-state index is 0.204. The van der Waals surface area contributed by atoms with Gasteiger partial charge in [0.1, 0.15) is 17.2 Å². The van der Waals surface area contributed by atoms with Crippen molar-refractivity contribution in [1.82, 2.24) is 0 Å². The summed E-state index contributed by atoms with van der Waals surface area (Å²) in [5.74, 6) is -6.96. The summed E-state index contributed by atoms with van der Waals surface area (Å²) in [7, 11) is 0. The fourth-order valence-corrected chi connectivity index (χ4v) is 2.40. The number of esters is 1. The maximum atomic E-state index is 14.1. The highest BCUT2D eigenvalue weighted by molar-refractivity contribution is 9.10. The molecule has 1 atom stereocenters. The number of benzene rings is 1. The molecule has 0 bridgehead atoms. The van der Waals surface area contributed by atoms with Crippen LogP contribution in [0.4, 0.5) is 17.6 Å². The van der Waals surface area contributed by atoms with Crippen molar-refractivity contribution in [2.75, 3.05) is 0 Å². The molecule has 0 fully saturated rings. The lowest BCUT2D eigenvalue weighted by atomic mass is 9.80. The van der Waals surface area contributed by atoms with Crippen LogP contribution in [0.15, 0.2) is 18.2 Å². The number of carbonyl (C=O) groups excluding carboxylic acids is 1. The van der Waals surface area contributed by atoms with Gasteiger partial charge < -0.3 is 9.84 Å². The van der Waals surface area contributed by atoms with Crippen molar-refractivity contribution in [2.24, 2.45) is 0 Å². The summed E-state index contributed by atoms with van der Waals surface area (Å²) < 4.78 is 59.8. The second-order valence-corrected chi connectivity index (χ2v) is 6.67. The minimum atomic E-state index is -4.41. The number of rotatable bonds is 4. The summed E-state index contributed by atoms with van der Waals surface area (Å²) in [5.41, 5.74) is -6.26. The Morgan fingerprint density at radius 1 is 1.17 bits per heavy atom. The van der Waals surface area contributed by atoms with Crippen molar-refractivity contribution in [2.45, 2.75) is 36.6 Å². The van der Waals surface area contributed by atoms with Crippen molar-refractivity contribution < 1.29 is 37.0 Å². The Kier molecular flexibility index (Phi) is 5.15. The molecule has 9 heteroatoms. The van der Waals surface area contributed by atoms with E-state index in [1.54, 1.807) is 0 Å². The Bertz CT molecular complexity index is 637. The van der Waals surface area contributed by atoms with E-state index in [0.29, 0.717) is 12.1 Å². The summed E-state index contributed by atoms with van der Waals surface area (Å²) in [6.45, 7) is 3.97. The molecule has 1 N–H and O–H groups in total. The van der Waals surface area contributed by atoms with Gasteiger partial charge in [0.15, 0.2) is 0 Å². The molecule has 128 valence electrons. The predicted octanol–water partition coefficient (Wildman–Crippen LogP) is 3.62. The third-order valence-electron chi connectivity index (χ3n) is 2.79. The number of carboxylic acid groups (broad SMARTS) is 1. The molecule has 4 nitrogen and oxygen atoms in total. The van der Waals surface area contributed by atoms with Crippen LogP contribution in [0, 0.1) is 11.6 Å². The Hall–Kier alpha value is -1.64. The Morgan fingerprint density at radius 3 is 2.04 bits per heavy atom. The number of alkyl halides is 3. The standard InChI is InChI=1S/C14H13BrF4O4/c1-12(2,3)23-11(22)13(10(20)21,14(15,18)19)8-5-4-7(16)6-9(8)17/h4-6H,1-3H3,(H,20,21). The largest absolute Gasteiger partial charge is 0.480 e. The lowest BCUT2D eigenvalue weighted by molar-refractivity contribution is -0.180. The zero-order valence-corrected chi connectivity index (χ0v) is 13.9. The molecule has 0 aromatic heterocycles. The van der Waals surface area contributed by atoms with Crippen LogP contribution in [-0.4, -0.2) is 27.5 Å². The molecule has 1 aromatic rings. The van der Waals surface area contributed by atoms with Crippen LogP contribution in [0.3, 0.4) is 0 Å². The number of aliphatic carboxylic acids is 1. The molecule has 0 aliphatic heterocycles. The van der Waals surface area contributed by atoms with Gasteiger partial charge in [-0.2, -0.15) is 8.78 Å². The van der Waals surface area contributed by atoms with Crippen molar-refractivity contribution >= 4 is 27.9 Å². The molecule has 0 saturated heterocycles. The van der Waals surface area contributed by atoms with E-state index in [1.807, 2.05) is 15.9 Å². The monoisotopic (exact) mass is 400 g/mol. The van der Waals surface area contributed by atoms with Crippen molar-refractivity contribution in [1.29, 1.82) is 0 Å². The lowest BCUT2D eigenvalue weighted by Crippen LogP contribution is -2.57. The first-order valence-corrected chi connectivity index (χ1v) is 7.02. The average molecular weight is 401 g/mol. The Labute approximate surface area is 137 Å². The third-order valence-corrected chi connectivity index (χ3v) is 3.38. The van der Waals surface area contributed by atoms with E-state index in [-0.39, 0.29) is 6.07 Å². The molecule has 0 spiro atoms.